The van der Waals surface area contributed by atoms with Crippen LogP contribution in [0.4, 0.5) is 10.5 Å². The maximum absolute atomic E-state index is 12.2. The van der Waals surface area contributed by atoms with E-state index in [9.17, 15) is 4.79 Å². The van der Waals surface area contributed by atoms with Crippen LogP contribution in [-0.2, 0) is 0 Å². The second kappa shape index (κ2) is 11.2. The minimum absolute atomic E-state index is 0. The fourth-order valence-electron chi connectivity index (χ4n) is 2.78. The number of urea groups is 1. The van der Waals surface area contributed by atoms with E-state index >= 15 is 0 Å². The van der Waals surface area contributed by atoms with Gasteiger partial charge in [-0.25, -0.2) is 4.79 Å². The summed E-state index contributed by atoms with van der Waals surface area (Å²) in [4.78, 5) is 16.2. The molecule has 7 heteroatoms. The summed E-state index contributed by atoms with van der Waals surface area (Å²) in [5.74, 6) is 6.17. The Bertz CT molecular complexity index is 647. The second-order valence-corrected chi connectivity index (χ2v) is 6.42. The highest BCUT2D eigenvalue weighted by Crippen LogP contribution is 2.26. The van der Waals surface area contributed by atoms with Crippen LogP contribution >= 0.6 is 24.0 Å². The molecule has 0 aliphatic carbocycles. The van der Waals surface area contributed by atoms with Gasteiger partial charge in [0.1, 0.15) is 0 Å². The smallest absolute Gasteiger partial charge is 0.318 e. The predicted octanol–water partition coefficient (Wildman–Crippen LogP) is 2.96. The van der Waals surface area contributed by atoms with Crippen molar-refractivity contribution in [3.05, 3.63) is 28.8 Å². The molecule has 2 amide bonds. The van der Waals surface area contributed by atoms with Gasteiger partial charge in [-0.05, 0) is 39.0 Å². The van der Waals surface area contributed by atoms with Crippen LogP contribution in [-0.4, -0.2) is 56.2 Å². The maximum Gasteiger partial charge on any atom is 0.318 e. The van der Waals surface area contributed by atoms with E-state index in [0.717, 1.165) is 50.5 Å². The highest BCUT2D eigenvalue weighted by atomic mass is 35.5. The van der Waals surface area contributed by atoms with E-state index in [-0.39, 0.29) is 24.5 Å². The SMILES string of the molecule is CCN(CC)c1ccc(C#CC(C)NC(=O)N2CCNCC2)cc1Cl.Cl. The van der Waals surface area contributed by atoms with Gasteiger partial charge >= 0.3 is 6.03 Å². The Balaban J connectivity index is 0.00000338. The Kier molecular flexibility index (Phi) is 9.64. The average molecular weight is 399 g/mol. The molecule has 5 nitrogen and oxygen atoms in total. The quantitative estimate of drug-likeness (QED) is 0.766. The summed E-state index contributed by atoms with van der Waals surface area (Å²) >= 11 is 6.39. The van der Waals surface area contributed by atoms with Gasteiger partial charge in [-0.2, -0.15) is 0 Å². The van der Waals surface area contributed by atoms with Crippen LogP contribution in [0.25, 0.3) is 0 Å². The van der Waals surface area contributed by atoms with Crippen molar-refractivity contribution in [2.75, 3.05) is 44.2 Å². The monoisotopic (exact) mass is 398 g/mol. The van der Waals surface area contributed by atoms with Crippen LogP contribution in [0.15, 0.2) is 18.2 Å². The second-order valence-electron chi connectivity index (χ2n) is 6.02. The normalized spacial score (nSPS) is 14.5. The average Bonchev–Trinajstić information content (AvgIpc) is 2.63. The van der Waals surface area contributed by atoms with Gasteiger partial charge in [0.2, 0.25) is 0 Å². The van der Waals surface area contributed by atoms with Crippen molar-refractivity contribution in [2.24, 2.45) is 0 Å². The molecular weight excluding hydrogens is 371 g/mol. The van der Waals surface area contributed by atoms with Crippen LogP contribution in [0, 0.1) is 11.8 Å². The molecule has 1 aliphatic rings. The lowest BCUT2D eigenvalue weighted by atomic mass is 10.2. The van der Waals surface area contributed by atoms with Gasteiger partial charge in [0, 0.05) is 44.8 Å². The zero-order valence-electron chi connectivity index (χ0n) is 15.6. The number of hydrogen-bond donors (Lipinski definition) is 2. The van der Waals surface area contributed by atoms with Crippen molar-refractivity contribution >= 4 is 35.7 Å². The van der Waals surface area contributed by atoms with Crippen molar-refractivity contribution in [3.63, 3.8) is 0 Å². The molecule has 0 spiro atoms. The molecule has 0 saturated carbocycles. The number of piperazine rings is 1. The van der Waals surface area contributed by atoms with Gasteiger partial charge in [0.05, 0.1) is 16.8 Å². The molecule has 1 aliphatic heterocycles. The van der Waals surface area contributed by atoms with Gasteiger partial charge < -0.3 is 20.4 Å². The molecule has 1 heterocycles. The van der Waals surface area contributed by atoms with E-state index in [0.29, 0.717) is 5.02 Å². The standard InChI is InChI=1S/C19H27ClN4O.ClH/c1-4-23(5-2)18-9-8-16(14-17(18)20)7-6-15(3)22-19(25)24-12-10-21-11-13-24;/h8-9,14-15,21H,4-5,10-13H2,1-3H3,(H,22,25);1H. The number of hydrogen-bond acceptors (Lipinski definition) is 3. The van der Waals surface area contributed by atoms with E-state index < -0.39 is 0 Å². The summed E-state index contributed by atoms with van der Waals surface area (Å²) in [7, 11) is 0. The minimum atomic E-state index is -0.219. The van der Waals surface area contributed by atoms with E-state index in [1.165, 1.54) is 0 Å². The summed E-state index contributed by atoms with van der Waals surface area (Å²) in [5.41, 5.74) is 1.88. The number of rotatable bonds is 4. The van der Waals surface area contributed by atoms with Crippen molar-refractivity contribution in [2.45, 2.75) is 26.8 Å². The van der Waals surface area contributed by atoms with E-state index in [2.05, 4.69) is 41.2 Å². The number of anilines is 1. The lowest BCUT2D eigenvalue weighted by molar-refractivity contribution is 0.189. The summed E-state index contributed by atoms with van der Waals surface area (Å²) < 4.78 is 0. The number of carbonyl (C=O) groups excluding carboxylic acids is 1. The summed E-state index contributed by atoms with van der Waals surface area (Å²) in [5, 5.41) is 6.86. The third-order valence-electron chi connectivity index (χ3n) is 4.23. The largest absolute Gasteiger partial charge is 0.371 e. The van der Waals surface area contributed by atoms with Crippen LogP contribution < -0.4 is 15.5 Å². The Morgan fingerprint density at radius 2 is 2.00 bits per heavy atom. The topological polar surface area (TPSA) is 47.6 Å². The van der Waals surface area contributed by atoms with Crippen LogP contribution in [0.5, 0.6) is 0 Å². The maximum atomic E-state index is 12.2. The molecule has 0 radical (unpaired) electrons. The highest BCUT2D eigenvalue weighted by Gasteiger charge is 2.16. The molecule has 1 aromatic rings. The van der Waals surface area contributed by atoms with Gasteiger partial charge in [0.15, 0.2) is 0 Å². The number of benzene rings is 1. The summed E-state index contributed by atoms with van der Waals surface area (Å²) in [6.07, 6.45) is 0. The molecule has 1 atom stereocenters. The molecule has 144 valence electrons. The van der Waals surface area contributed by atoms with Crippen molar-refractivity contribution in [1.82, 2.24) is 15.5 Å². The van der Waals surface area contributed by atoms with Crippen LogP contribution in [0.3, 0.4) is 0 Å². The van der Waals surface area contributed by atoms with Crippen molar-refractivity contribution in [3.8, 4) is 11.8 Å². The number of carbonyl (C=O) groups is 1. The molecule has 2 rings (SSSR count). The molecule has 2 N–H and O–H groups in total. The molecule has 0 aromatic heterocycles. The Morgan fingerprint density at radius 1 is 1.35 bits per heavy atom. The van der Waals surface area contributed by atoms with Crippen LogP contribution in [0.1, 0.15) is 26.3 Å². The molecule has 1 saturated heterocycles. The number of amides is 2. The summed E-state index contributed by atoms with van der Waals surface area (Å²) in [6.45, 7) is 11.1. The Morgan fingerprint density at radius 3 is 2.58 bits per heavy atom. The molecule has 0 bridgehead atoms. The lowest BCUT2D eigenvalue weighted by Crippen LogP contribution is -2.51. The third-order valence-corrected chi connectivity index (χ3v) is 4.53. The number of nitrogens with one attached hydrogen (secondary N) is 2. The van der Waals surface area contributed by atoms with Gasteiger partial charge in [-0.15, -0.1) is 12.4 Å². The molecule has 1 fully saturated rings. The van der Waals surface area contributed by atoms with Crippen LogP contribution in [0.2, 0.25) is 5.02 Å². The minimum Gasteiger partial charge on any atom is -0.371 e. The molecule has 1 unspecified atom stereocenters. The predicted molar refractivity (Wildman–Crippen MR) is 112 cm³/mol. The molecular formula is C19H28Cl2N4O. The fraction of sp³-hybridized carbons (Fsp3) is 0.526. The highest BCUT2D eigenvalue weighted by molar-refractivity contribution is 6.33. The van der Waals surface area contributed by atoms with E-state index in [1.54, 1.807) is 0 Å². The van der Waals surface area contributed by atoms with Crippen molar-refractivity contribution in [1.29, 1.82) is 0 Å². The molecule has 1 aromatic carbocycles. The van der Waals surface area contributed by atoms with E-state index in [4.69, 9.17) is 11.6 Å². The number of halogens is 2. The number of nitrogens with zero attached hydrogens (tertiary/aromatic N) is 2. The summed E-state index contributed by atoms with van der Waals surface area (Å²) in [6, 6.07) is 5.58. The first kappa shape index (κ1) is 22.4. The first-order valence-electron chi connectivity index (χ1n) is 8.87. The zero-order chi connectivity index (χ0) is 18.2. The van der Waals surface area contributed by atoms with Gasteiger partial charge in [0.25, 0.3) is 0 Å². The molecule has 26 heavy (non-hydrogen) atoms. The third kappa shape index (κ3) is 6.28. The first-order valence-corrected chi connectivity index (χ1v) is 9.25. The van der Waals surface area contributed by atoms with Gasteiger partial charge in [-0.1, -0.05) is 23.4 Å². The Labute approximate surface area is 167 Å². The zero-order valence-corrected chi connectivity index (χ0v) is 17.2. The van der Waals surface area contributed by atoms with Crippen molar-refractivity contribution < 1.29 is 4.79 Å². The van der Waals surface area contributed by atoms with E-state index in [1.807, 2.05) is 30.0 Å². The van der Waals surface area contributed by atoms with Gasteiger partial charge in [-0.3, -0.25) is 0 Å². The fourth-order valence-corrected chi connectivity index (χ4v) is 3.08. The first-order chi connectivity index (χ1) is 12.0. The Hall–Kier alpha value is -1.61. The lowest BCUT2D eigenvalue weighted by Gasteiger charge is -2.28.